The van der Waals surface area contributed by atoms with Crippen molar-refractivity contribution in [1.29, 1.82) is 0 Å². The largest absolute Gasteiger partial charge is 0.323 e. The topological polar surface area (TPSA) is 20.3 Å². The van der Waals surface area contributed by atoms with Gasteiger partial charge in [-0.2, -0.15) is 11.8 Å². The van der Waals surface area contributed by atoms with Crippen LogP contribution in [0.15, 0.2) is 0 Å². The molecule has 0 aromatic heterocycles. The Hall–Kier alpha value is 0.540. The fourth-order valence-corrected chi connectivity index (χ4v) is 9.34. The second kappa shape index (κ2) is 9.74. The Bertz CT molecular complexity index is 329. The zero-order chi connectivity index (χ0) is 15.8. The van der Waals surface area contributed by atoms with Crippen LogP contribution in [-0.2, 0) is 4.57 Å². The lowest BCUT2D eigenvalue weighted by atomic mass is 9.99. The monoisotopic (exact) mass is 345 g/mol. The van der Waals surface area contributed by atoms with Gasteiger partial charge in [0.25, 0.3) is 0 Å². The van der Waals surface area contributed by atoms with E-state index in [1.807, 2.05) is 11.8 Å². The molecule has 0 N–H and O–H groups in total. The van der Waals surface area contributed by atoms with Crippen molar-refractivity contribution in [1.82, 2.24) is 4.90 Å². The Kier molecular flexibility index (Phi) is 8.36. The van der Waals surface area contributed by atoms with Crippen LogP contribution in [0.4, 0.5) is 0 Å². The SMILES string of the molecule is CSCCN(C)CCP(=O)(C1CCCCC1)C1CCCCC1. The van der Waals surface area contributed by atoms with E-state index in [1.54, 1.807) is 0 Å². The molecule has 2 fully saturated rings. The summed E-state index contributed by atoms with van der Waals surface area (Å²) in [6.07, 6.45) is 16.2. The minimum Gasteiger partial charge on any atom is -0.323 e. The normalized spacial score (nSPS) is 22.3. The Morgan fingerprint density at radius 1 is 0.909 bits per heavy atom. The van der Waals surface area contributed by atoms with E-state index in [1.165, 1.54) is 70.0 Å². The van der Waals surface area contributed by atoms with Crippen molar-refractivity contribution in [2.75, 3.05) is 38.3 Å². The van der Waals surface area contributed by atoms with Gasteiger partial charge in [0.1, 0.15) is 0 Å². The Morgan fingerprint density at radius 3 is 1.86 bits per heavy atom. The first kappa shape index (κ1) is 18.9. The first-order valence-corrected chi connectivity index (χ1v) is 12.8. The summed E-state index contributed by atoms with van der Waals surface area (Å²) in [5, 5.41) is 0. The van der Waals surface area contributed by atoms with E-state index in [0.29, 0.717) is 11.3 Å². The van der Waals surface area contributed by atoms with Gasteiger partial charge in [0.2, 0.25) is 0 Å². The molecule has 2 aliphatic carbocycles. The van der Waals surface area contributed by atoms with E-state index >= 15 is 0 Å². The first-order chi connectivity index (χ1) is 10.7. The highest BCUT2D eigenvalue weighted by atomic mass is 32.2. The van der Waals surface area contributed by atoms with Gasteiger partial charge in [0, 0.05) is 36.3 Å². The van der Waals surface area contributed by atoms with Crippen LogP contribution in [0.1, 0.15) is 64.2 Å². The van der Waals surface area contributed by atoms with Crippen molar-refractivity contribution >= 4 is 18.9 Å². The third-order valence-electron chi connectivity index (χ3n) is 5.89. The zero-order valence-electron chi connectivity index (χ0n) is 14.8. The first-order valence-electron chi connectivity index (χ1n) is 9.42. The molecule has 2 rings (SSSR count). The smallest absolute Gasteiger partial charge is 0.0948 e. The van der Waals surface area contributed by atoms with Gasteiger partial charge in [-0.3, -0.25) is 0 Å². The quantitative estimate of drug-likeness (QED) is 0.556. The van der Waals surface area contributed by atoms with Crippen molar-refractivity contribution in [2.45, 2.75) is 75.5 Å². The molecule has 0 aromatic carbocycles. The minimum atomic E-state index is -2.00. The summed E-state index contributed by atoms with van der Waals surface area (Å²) in [6, 6.07) is 0. The van der Waals surface area contributed by atoms with Crippen molar-refractivity contribution in [2.24, 2.45) is 0 Å². The molecule has 0 atom stereocenters. The van der Waals surface area contributed by atoms with Crippen molar-refractivity contribution in [3.8, 4) is 0 Å². The average molecular weight is 346 g/mol. The minimum absolute atomic E-state index is 0.568. The van der Waals surface area contributed by atoms with Crippen LogP contribution in [0.5, 0.6) is 0 Å². The summed E-state index contributed by atoms with van der Waals surface area (Å²) in [6.45, 7) is 2.18. The molecule has 0 heterocycles. The highest BCUT2D eigenvalue weighted by molar-refractivity contribution is 7.98. The fraction of sp³-hybridized carbons (Fsp3) is 1.00. The van der Waals surface area contributed by atoms with Gasteiger partial charge in [-0.25, -0.2) is 0 Å². The molecule has 2 saturated carbocycles. The average Bonchev–Trinajstić information content (AvgIpc) is 2.59. The molecule has 4 heteroatoms. The van der Waals surface area contributed by atoms with Gasteiger partial charge >= 0.3 is 0 Å². The second-order valence-electron chi connectivity index (χ2n) is 7.46. The van der Waals surface area contributed by atoms with E-state index in [9.17, 15) is 4.57 Å². The van der Waals surface area contributed by atoms with Gasteiger partial charge < -0.3 is 9.46 Å². The predicted octanol–water partition coefficient (Wildman–Crippen LogP) is 5.31. The summed E-state index contributed by atoms with van der Waals surface area (Å²) in [7, 11) is 0.206. The lowest BCUT2D eigenvalue weighted by Crippen LogP contribution is -2.31. The van der Waals surface area contributed by atoms with E-state index in [-0.39, 0.29) is 0 Å². The second-order valence-corrected chi connectivity index (χ2v) is 12.1. The molecule has 0 radical (unpaired) electrons. The molecule has 22 heavy (non-hydrogen) atoms. The molecule has 0 aliphatic heterocycles. The fourth-order valence-electron chi connectivity index (χ4n) is 4.39. The number of rotatable bonds is 8. The van der Waals surface area contributed by atoms with Crippen molar-refractivity contribution < 1.29 is 4.57 Å². The molecule has 0 spiro atoms. The van der Waals surface area contributed by atoms with E-state index in [4.69, 9.17) is 0 Å². The van der Waals surface area contributed by atoms with Gasteiger partial charge in [0.15, 0.2) is 0 Å². The van der Waals surface area contributed by atoms with Gasteiger partial charge in [0.05, 0.1) is 7.14 Å². The molecule has 2 nitrogen and oxygen atoms in total. The van der Waals surface area contributed by atoms with Gasteiger partial charge in [-0.05, 0) is 39.0 Å². The van der Waals surface area contributed by atoms with Crippen LogP contribution in [0.2, 0.25) is 0 Å². The third-order valence-corrected chi connectivity index (χ3v) is 10.9. The number of nitrogens with zero attached hydrogens (tertiary/aromatic N) is 1. The van der Waals surface area contributed by atoms with Crippen LogP contribution in [0.3, 0.4) is 0 Å². The van der Waals surface area contributed by atoms with E-state index in [0.717, 1.165) is 19.3 Å². The molecule has 0 aromatic rings. The van der Waals surface area contributed by atoms with Crippen LogP contribution >= 0.6 is 18.9 Å². The van der Waals surface area contributed by atoms with Crippen LogP contribution in [-0.4, -0.2) is 54.5 Å². The Labute approximate surface area is 142 Å². The highest BCUT2D eigenvalue weighted by Gasteiger charge is 2.40. The molecule has 130 valence electrons. The summed E-state index contributed by atoms with van der Waals surface area (Å²) in [5.41, 5.74) is 1.14. The van der Waals surface area contributed by atoms with E-state index in [2.05, 4.69) is 18.2 Å². The Balaban J connectivity index is 1.98. The number of hydrogen-bond acceptors (Lipinski definition) is 3. The summed E-state index contributed by atoms with van der Waals surface area (Å²) >= 11 is 1.91. The maximum atomic E-state index is 14.1. The Morgan fingerprint density at radius 2 is 1.41 bits per heavy atom. The summed E-state index contributed by atoms with van der Waals surface area (Å²) in [5.74, 6) is 1.19. The van der Waals surface area contributed by atoms with Crippen molar-refractivity contribution in [3.63, 3.8) is 0 Å². The maximum absolute atomic E-state index is 14.1. The number of hydrogen-bond donors (Lipinski definition) is 0. The van der Waals surface area contributed by atoms with E-state index < -0.39 is 7.14 Å². The molecule has 0 bridgehead atoms. The van der Waals surface area contributed by atoms with Gasteiger partial charge in [-0.15, -0.1) is 0 Å². The highest BCUT2D eigenvalue weighted by Crippen LogP contribution is 2.62. The molecule has 0 unspecified atom stereocenters. The van der Waals surface area contributed by atoms with Crippen LogP contribution in [0, 0.1) is 0 Å². The van der Waals surface area contributed by atoms with Crippen molar-refractivity contribution in [3.05, 3.63) is 0 Å². The molecule has 2 aliphatic rings. The molecular formula is C18H36NOPS. The third kappa shape index (κ3) is 5.28. The predicted molar refractivity (Wildman–Crippen MR) is 102 cm³/mol. The zero-order valence-corrected chi connectivity index (χ0v) is 16.5. The molecular weight excluding hydrogens is 309 g/mol. The van der Waals surface area contributed by atoms with Crippen LogP contribution < -0.4 is 0 Å². The number of thioether (sulfide) groups is 1. The van der Waals surface area contributed by atoms with Gasteiger partial charge in [-0.1, -0.05) is 38.5 Å². The molecule has 0 saturated heterocycles. The van der Waals surface area contributed by atoms with Crippen LogP contribution in [0.25, 0.3) is 0 Å². The summed E-state index contributed by atoms with van der Waals surface area (Å²) in [4.78, 5) is 2.41. The lowest BCUT2D eigenvalue weighted by Gasteiger charge is -2.39. The standard InChI is InChI=1S/C18H36NOPS/c1-19(14-16-22-2)13-15-21(20,17-9-5-3-6-10-17)18-11-7-4-8-12-18/h17-18H,3-16H2,1-2H3. The summed E-state index contributed by atoms with van der Waals surface area (Å²) < 4.78 is 14.1. The lowest BCUT2D eigenvalue weighted by molar-refractivity contribution is 0.371. The maximum Gasteiger partial charge on any atom is 0.0948 e. The molecule has 0 amide bonds.